The van der Waals surface area contributed by atoms with Crippen LogP contribution >= 0.6 is 0 Å². The van der Waals surface area contributed by atoms with Crippen molar-refractivity contribution in [3.8, 4) is 0 Å². The Labute approximate surface area is 511 Å². The lowest BCUT2D eigenvalue weighted by atomic mass is 10.0. The lowest BCUT2D eigenvalue weighted by Gasteiger charge is -2.18. The Morgan fingerprint density at radius 3 is 0.744 bits per heavy atom. The molecular formula is C76H140O6. The fraction of sp³-hybridized carbons (Fsp3) is 0.855. The number of carbonyl (C=O) groups is 3. The Balaban J connectivity index is 4.04. The summed E-state index contributed by atoms with van der Waals surface area (Å²) >= 11 is 0. The molecule has 0 rings (SSSR count). The first kappa shape index (κ1) is 79.4. The van der Waals surface area contributed by atoms with Gasteiger partial charge in [-0.05, 0) is 57.8 Å². The number of hydrogen-bond acceptors (Lipinski definition) is 6. The van der Waals surface area contributed by atoms with E-state index in [0.717, 1.165) is 83.5 Å². The third kappa shape index (κ3) is 68.2. The van der Waals surface area contributed by atoms with Gasteiger partial charge in [0.25, 0.3) is 0 Å². The molecule has 0 aromatic heterocycles. The Kier molecular flexibility index (Phi) is 68.6. The highest BCUT2D eigenvalue weighted by molar-refractivity contribution is 5.71. The fourth-order valence-electron chi connectivity index (χ4n) is 11.1. The van der Waals surface area contributed by atoms with E-state index in [1.165, 1.54) is 276 Å². The van der Waals surface area contributed by atoms with Crippen LogP contribution in [0, 0.1) is 0 Å². The van der Waals surface area contributed by atoms with Crippen LogP contribution in [0.1, 0.15) is 400 Å². The van der Waals surface area contributed by atoms with E-state index in [-0.39, 0.29) is 31.1 Å². The van der Waals surface area contributed by atoms with Crippen molar-refractivity contribution in [3.63, 3.8) is 0 Å². The quantitative estimate of drug-likeness (QED) is 0.0261. The SMILES string of the molecule is CC/C=C\C/C=C\C/C=C\C/C=C\CCCCCCCCCCCCCCCCCCCCCCCCC(=O)OCC(COC(=O)CCCCCCCCCCCCC)OC(=O)CCCCCCCCCCCCCCCCCCCC. The summed E-state index contributed by atoms with van der Waals surface area (Å²) in [6.45, 7) is 6.59. The van der Waals surface area contributed by atoms with E-state index in [4.69, 9.17) is 14.2 Å². The molecule has 0 spiro atoms. The maximum Gasteiger partial charge on any atom is 0.306 e. The van der Waals surface area contributed by atoms with Crippen LogP contribution < -0.4 is 0 Å². The third-order valence-electron chi connectivity index (χ3n) is 16.6. The van der Waals surface area contributed by atoms with Gasteiger partial charge in [0, 0.05) is 19.3 Å². The Hall–Kier alpha value is -2.63. The zero-order valence-corrected chi connectivity index (χ0v) is 55.3. The summed E-state index contributed by atoms with van der Waals surface area (Å²) in [6.07, 6.45) is 90.2. The van der Waals surface area contributed by atoms with Crippen LogP contribution in [-0.4, -0.2) is 37.2 Å². The molecule has 1 unspecified atom stereocenters. The fourth-order valence-corrected chi connectivity index (χ4v) is 11.1. The second-order valence-electron chi connectivity index (χ2n) is 24.8. The summed E-state index contributed by atoms with van der Waals surface area (Å²) < 4.78 is 17.0. The van der Waals surface area contributed by atoms with Crippen LogP contribution in [0.25, 0.3) is 0 Å². The monoisotopic (exact) mass is 1150 g/mol. The van der Waals surface area contributed by atoms with Crippen molar-refractivity contribution in [2.24, 2.45) is 0 Å². The summed E-state index contributed by atoms with van der Waals surface area (Å²) in [5.74, 6) is -0.833. The van der Waals surface area contributed by atoms with Gasteiger partial charge in [0.05, 0.1) is 0 Å². The van der Waals surface area contributed by atoms with Gasteiger partial charge in [-0.15, -0.1) is 0 Å². The highest BCUT2D eigenvalue weighted by Crippen LogP contribution is 2.19. The average molecular weight is 1150 g/mol. The topological polar surface area (TPSA) is 78.9 Å². The second kappa shape index (κ2) is 70.9. The van der Waals surface area contributed by atoms with Crippen molar-refractivity contribution < 1.29 is 28.6 Å². The third-order valence-corrected chi connectivity index (χ3v) is 16.6. The minimum Gasteiger partial charge on any atom is -0.462 e. The molecule has 0 radical (unpaired) electrons. The number of hydrogen-bond donors (Lipinski definition) is 0. The van der Waals surface area contributed by atoms with Crippen LogP contribution in [0.15, 0.2) is 48.6 Å². The molecule has 0 saturated heterocycles. The standard InChI is InChI=1S/C76H140O6/c1-4-7-10-13-16-19-22-24-26-28-30-31-32-33-34-35-36-37-38-39-40-41-42-43-44-45-46-48-49-51-54-57-60-63-66-69-75(78)81-72-73(71-80-74(77)68-65-62-59-56-53-21-18-15-12-9-6-3)82-76(79)70-67-64-61-58-55-52-50-47-29-27-25-23-20-17-14-11-8-5-2/h7,10,16,19,24,26,30-31,73H,4-6,8-9,11-15,17-18,20-23,25,27-29,32-72H2,1-3H3/b10-7-,19-16-,26-24-,31-30-. The molecule has 0 aliphatic heterocycles. The minimum atomic E-state index is -0.766. The molecular weight excluding hydrogens is 1010 g/mol. The van der Waals surface area contributed by atoms with Gasteiger partial charge in [0.1, 0.15) is 13.2 Å². The lowest BCUT2D eigenvalue weighted by molar-refractivity contribution is -0.167. The zero-order valence-electron chi connectivity index (χ0n) is 55.3. The van der Waals surface area contributed by atoms with Crippen LogP contribution in [-0.2, 0) is 28.6 Å². The Bertz CT molecular complexity index is 1410. The van der Waals surface area contributed by atoms with Crippen LogP contribution in [0.5, 0.6) is 0 Å². The Morgan fingerprint density at radius 1 is 0.256 bits per heavy atom. The van der Waals surface area contributed by atoms with E-state index < -0.39 is 6.10 Å². The van der Waals surface area contributed by atoms with Crippen molar-refractivity contribution in [1.29, 1.82) is 0 Å². The van der Waals surface area contributed by atoms with Gasteiger partial charge in [-0.2, -0.15) is 0 Å². The first-order valence-corrected chi connectivity index (χ1v) is 36.6. The van der Waals surface area contributed by atoms with E-state index in [9.17, 15) is 14.4 Å². The van der Waals surface area contributed by atoms with E-state index in [1.807, 2.05) is 0 Å². The smallest absolute Gasteiger partial charge is 0.306 e. The molecule has 82 heavy (non-hydrogen) atoms. The summed E-state index contributed by atoms with van der Waals surface area (Å²) in [5.41, 5.74) is 0. The van der Waals surface area contributed by atoms with Gasteiger partial charge in [0.15, 0.2) is 6.10 Å². The first-order chi connectivity index (χ1) is 40.5. The van der Waals surface area contributed by atoms with Gasteiger partial charge in [-0.25, -0.2) is 0 Å². The maximum absolute atomic E-state index is 12.9. The molecule has 0 aliphatic carbocycles. The van der Waals surface area contributed by atoms with Gasteiger partial charge >= 0.3 is 17.9 Å². The van der Waals surface area contributed by atoms with Gasteiger partial charge < -0.3 is 14.2 Å². The summed E-state index contributed by atoms with van der Waals surface area (Å²) in [7, 11) is 0. The highest BCUT2D eigenvalue weighted by atomic mass is 16.6. The molecule has 6 heteroatoms. The molecule has 1 atom stereocenters. The number of carbonyl (C=O) groups excluding carboxylic acids is 3. The van der Waals surface area contributed by atoms with E-state index in [2.05, 4.69) is 69.4 Å². The molecule has 0 bridgehead atoms. The van der Waals surface area contributed by atoms with Crippen LogP contribution in [0.3, 0.4) is 0 Å². The van der Waals surface area contributed by atoms with E-state index >= 15 is 0 Å². The molecule has 0 aromatic carbocycles. The summed E-state index contributed by atoms with van der Waals surface area (Å²) in [6, 6.07) is 0. The van der Waals surface area contributed by atoms with Crippen molar-refractivity contribution in [1.82, 2.24) is 0 Å². The largest absolute Gasteiger partial charge is 0.462 e. The number of allylic oxidation sites excluding steroid dienone is 8. The molecule has 0 saturated carbocycles. The molecule has 0 aliphatic rings. The van der Waals surface area contributed by atoms with Crippen molar-refractivity contribution in [2.45, 2.75) is 406 Å². The zero-order chi connectivity index (χ0) is 59.2. The predicted molar refractivity (Wildman–Crippen MR) is 358 cm³/mol. The molecule has 0 amide bonds. The van der Waals surface area contributed by atoms with Crippen molar-refractivity contribution in [2.75, 3.05) is 13.2 Å². The summed E-state index contributed by atoms with van der Waals surface area (Å²) in [4.78, 5) is 38.4. The van der Waals surface area contributed by atoms with Crippen molar-refractivity contribution in [3.05, 3.63) is 48.6 Å². The normalized spacial score (nSPS) is 12.3. The number of esters is 3. The van der Waals surface area contributed by atoms with Crippen molar-refractivity contribution >= 4 is 17.9 Å². The number of unbranched alkanes of at least 4 members (excludes halogenated alkanes) is 49. The Morgan fingerprint density at radius 2 is 0.476 bits per heavy atom. The molecule has 480 valence electrons. The molecule has 0 fully saturated rings. The minimum absolute atomic E-state index is 0.0641. The van der Waals surface area contributed by atoms with E-state index in [0.29, 0.717) is 19.3 Å². The average Bonchev–Trinajstić information content (AvgIpc) is 3.47. The van der Waals surface area contributed by atoms with Crippen LogP contribution in [0.2, 0.25) is 0 Å². The number of rotatable bonds is 68. The molecule has 6 nitrogen and oxygen atoms in total. The maximum atomic E-state index is 12.9. The van der Waals surface area contributed by atoms with E-state index in [1.54, 1.807) is 0 Å². The highest BCUT2D eigenvalue weighted by Gasteiger charge is 2.19. The summed E-state index contributed by atoms with van der Waals surface area (Å²) in [5, 5.41) is 0. The van der Waals surface area contributed by atoms with Gasteiger partial charge in [-0.3, -0.25) is 14.4 Å². The molecule has 0 aromatic rings. The first-order valence-electron chi connectivity index (χ1n) is 36.6. The molecule has 0 heterocycles. The van der Waals surface area contributed by atoms with Crippen LogP contribution in [0.4, 0.5) is 0 Å². The number of ether oxygens (including phenoxy) is 3. The van der Waals surface area contributed by atoms with Gasteiger partial charge in [-0.1, -0.05) is 371 Å². The lowest BCUT2D eigenvalue weighted by Crippen LogP contribution is -2.30. The van der Waals surface area contributed by atoms with Gasteiger partial charge in [0.2, 0.25) is 0 Å². The second-order valence-corrected chi connectivity index (χ2v) is 24.8. The predicted octanol–water partition coefficient (Wildman–Crippen LogP) is 25.3. The molecule has 0 N–H and O–H groups in total.